The zero-order chi connectivity index (χ0) is 26.1. The molecule has 0 aromatic heterocycles. The summed E-state index contributed by atoms with van der Waals surface area (Å²) < 4.78 is 11.4. The molecule has 2 aromatic carbocycles. The van der Waals surface area contributed by atoms with Crippen molar-refractivity contribution in [3.8, 4) is 5.75 Å². The smallest absolute Gasteiger partial charge is 0.119 e. The van der Waals surface area contributed by atoms with Crippen LogP contribution in [0.1, 0.15) is 83.1 Å². The monoisotopic (exact) mass is 507 g/mol. The molecule has 0 amide bonds. The highest BCUT2D eigenvalue weighted by Gasteiger charge is 2.29. The van der Waals surface area contributed by atoms with Crippen LogP contribution in [0.15, 0.2) is 42.5 Å². The zero-order valence-corrected chi connectivity index (χ0v) is 23.0. The lowest BCUT2D eigenvalue weighted by molar-refractivity contribution is -0.113. The zero-order valence-electron chi connectivity index (χ0n) is 22.2. The Bertz CT molecular complexity index is 788. The first-order valence-electron chi connectivity index (χ1n) is 13.2. The van der Waals surface area contributed by atoms with E-state index in [2.05, 4.69) is 5.32 Å². The largest absolute Gasteiger partial charge is 0.494 e. The highest BCUT2D eigenvalue weighted by atomic mass is 35.5. The van der Waals surface area contributed by atoms with Crippen molar-refractivity contribution >= 4 is 11.6 Å². The van der Waals surface area contributed by atoms with Crippen LogP contribution < -0.4 is 10.1 Å². The van der Waals surface area contributed by atoms with E-state index in [-0.39, 0.29) is 18.8 Å². The van der Waals surface area contributed by atoms with Gasteiger partial charge < -0.3 is 25.0 Å². The van der Waals surface area contributed by atoms with Crippen molar-refractivity contribution in [3.05, 3.63) is 64.2 Å². The van der Waals surface area contributed by atoms with Crippen LogP contribution in [0.4, 0.5) is 0 Å². The maximum atomic E-state index is 10.0. The lowest BCUT2D eigenvalue weighted by Crippen LogP contribution is -2.33. The third-order valence-electron chi connectivity index (χ3n) is 5.61. The summed E-state index contributed by atoms with van der Waals surface area (Å²) in [7, 11) is 0. The molecule has 0 saturated carbocycles. The number of nitrogens with one attached hydrogen (secondary N) is 1. The first kappa shape index (κ1) is 31.4. The molecular weight excluding hydrogens is 462 g/mol. The Morgan fingerprint density at radius 2 is 1.66 bits per heavy atom. The number of aliphatic hydroxyl groups excluding tert-OH is 2. The number of hydrogen-bond donors (Lipinski definition) is 3. The van der Waals surface area contributed by atoms with Gasteiger partial charge in [-0.15, -0.1) is 0 Å². The van der Waals surface area contributed by atoms with Gasteiger partial charge >= 0.3 is 0 Å². The van der Waals surface area contributed by atoms with Crippen molar-refractivity contribution in [2.75, 3.05) is 26.3 Å². The number of hydrogen-bond acceptors (Lipinski definition) is 5. The molecule has 5 nitrogen and oxygen atoms in total. The molecule has 0 radical (unpaired) electrons. The van der Waals surface area contributed by atoms with Crippen LogP contribution >= 0.6 is 11.6 Å². The van der Waals surface area contributed by atoms with Crippen molar-refractivity contribution in [2.45, 2.75) is 85.0 Å². The molecule has 6 heteroatoms. The van der Waals surface area contributed by atoms with E-state index in [1.54, 1.807) is 0 Å². The van der Waals surface area contributed by atoms with Gasteiger partial charge in [-0.25, -0.2) is 0 Å². The van der Waals surface area contributed by atoms with Crippen molar-refractivity contribution in [3.63, 3.8) is 0 Å². The lowest BCUT2D eigenvalue weighted by atomic mass is 9.94. The third-order valence-corrected chi connectivity index (χ3v) is 5.98. The topological polar surface area (TPSA) is 71.0 Å². The van der Waals surface area contributed by atoms with Crippen molar-refractivity contribution in [2.24, 2.45) is 0 Å². The van der Waals surface area contributed by atoms with Gasteiger partial charge in [0.05, 0.1) is 31.5 Å². The number of benzene rings is 2. The Kier molecular flexibility index (Phi) is 16.7. The van der Waals surface area contributed by atoms with Gasteiger partial charge in [0, 0.05) is 17.9 Å². The summed E-state index contributed by atoms with van der Waals surface area (Å²) in [6.07, 6.45) is 3.47. The van der Waals surface area contributed by atoms with E-state index in [9.17, 15) is 10.2 Å². The first-order valence-corrected chi connectivity index (χ1v) is 13.6. The summed E-state index contributed by atoms with van der Waals surface area (Å²) in [5.74, 6) is 0.857. The summed E-state index contributed by atoms with van der Waals surface area (Å²) in [5, 5.41) is 23.3. The molecule has 4 rings (SSSR count). The molecule has 2 aliphatic heterocycles. The maximum absolute atomic E-state index is 10.0. The number of halogens is 1. The normalized spacial score (nSPS) is 20.9. The minimum absolute atomic E-state index is 0.0831. The Labute approximate surface area is 217 Å². The van der Waals surface area contributed by atoms with Gasteiger partial charge in [-0.1, -0.05) is 63.6 Å². The fourth-order valence-corrected chi connectivity index (χ4v) is 4.15. The van der Waals surface area contributed by atoms with E-state index in [4.69, 9.17) is 21.1 Å². The molecule has 3 unspecified atom stereocenters. The Morgan fingerprint density at radius 1 is 1.00 bits per heavy atom. The lowest BCUT2D eigenvalue weighted by Gasteiger charge is -2.32. The molecule has 35 heavy (non-hydrogen) atoms. The molecule has 3 N–H and O–H groups in total. The minimum Gasteiger partial charge on any atom is -0.494 e. The van der Waals surface area contributed by atoms with Gasteiger partial charge in [0.1, 0.15) is 5.75 Å². The van der Waals surface area contributed by atoms with Crippen molar-refractivity contribution < 1.29 is 19.7 Å². The molecular formula is C29H46ClNO4. The number of rotatable bonds is 6. The molecule has 2 aromatic rings. The maximum Gasteiger partial charge on any atom is 0.119 e. The molecule has 2 fully saturated rings. The SMILES string of the molecule is C1CCNC1.CC.CC.CCOc1ccc(Cc2cc(C3CC(O)CC(CO)O3)ccc2Cl)cc1. The molecule has 2 heterocycles. The highest BCUT2D eigenvalue weighted by Crippen LogP contribution is 2.33. The standard InChI is InChI=1S/C21H25ClO4.C4H9N.2C2H6/c1-2-25-18-6-3-14(4-7-18)9-16-10-15(5-8-20(16)22)21-12-17(24)11-19(13-23)26-21;1-2-4-5-3-1;2*1-2/h3-8,10,17,19,21,23-24H,2,9,11-13H2,1H3;5H,1-4H2;2*1-2H3. The predicted octanol–water partition coefficient (Wildman–Crippen LogP) is 6.33. The third kappa shape index (κ3) is 11.3. The van der Waals surface area contributed by atoms with Gasteiger partial charge in [-0.2, -0.15) is 0 Å². The van der Waals surface area contributed by atoms with E-state index < -0.39 is 6.10 Å². The molecule has 0 aliphatic carbocycles. The molecule has 2 aliphatic rings. The summed E-state index contributed by atoms with van der Waals surface area (Å²) in [6.45, 7) is 13.0. The summed E-state index contributed by atoms with van der Waals surface area (Å²) in [4.78, 5) is 0. The summed E-state index contributed by atoms with van der Waals surface area (Å²) in [6, 6.07) is 13.8. The Morgan fingerprint density at radius 3 is 2.20 bits per heavy atom. The van der Waals surface area contributed by atoms with Gasteiger partial charge in [0.15, 0.2) is 0 Å². The van der Waals surface area contributed by atoms with E-state index in [1.165, 1.54) is 25.9 Å². The van der Waals surface area contributed by atoms with E-state index >= 15 is 0 Å². The van der Waals surface area contributed by atoms with Crippen LogP contribution in [0.3, 0.4) is 0 Å². The fraction of sp³-hybridized carbons (Fsp3) is 0.586. The Balaban J connectivity index is 0.000000584. The van der Waals surface area contributed by atoms with Gasteiger partial charge in [0.2, 0.25) is 0 Å². The van der Waals surface area contributed by atoms with Crippen LogP contribution in [-0.4, -0.2) is 48.7 Å². The van der Waals surface area contributed by atoms with Crippen LogP contribution in [-0.2, 0) is 11.2 Å². The summed E-state index contributed by atoms with van der Waals surface area (Å²) >= 11 is 6.40. The quantitative estimate of drug-likeness (QED) is 0.426. The molecule has 0 bridgehead atoms. The second-order valence-corrected chi connectivity index (χ2v) is 8.52. The average molecular weight is 508 g/mol. The second kappa shape index (κ2) is 18.6. The van der Waals surface area contributed by atoms with E-state index in [1.807, 2.05) is 77.1 Å². The van der Waals surface area contributed by atoms with Gasteiger partial charge in [0.25, 0.3) is 0 Å². The predicted molar refractivity (Wildman–Crippen MR) is 147 cm³/mol. The van der Waals surface area contributed by atoms with Crippen molar-refractivity contribution in [1.29, 1.82) is 0 Å². The highest BCUT2D eigenvalue weighted by molar-refractivity contribution is 6.31. The van der Waals surface area contributed by atoms with E-state index in [0.717, 1.165) is 22.4 Å². The summed E-state index contributed by atoms with van der Waals surface area (Å²) in [5.41, 5.74) is 3.13. The minimum atomic E-state index is -0.462. The molecule has 198 valence electrons. The van der Waals surface area contributed by atoms with Crippen LogP contribution in [0.2, 0.25) is 5.02 Å². The molecule has 2 saturated heterocycles. The number of ether oxygens (including phenoxy) is 2. The van der Waals surface area contributed by atoms with Crippen LogP contribution in [0.5, 0.6) is 5.75 Å². The number of aliphatic hydroxyl groups is 2. The van der Waals surface area contributed by atoms with E-state index in [0.29, 0.717) is 30.9 Å². The average Bonchev–Trinajstić information content (AvgIpc) is 3.49. The second-order valence-electron chi connectivity index (χ2n) is 8.12. The fourth-order valence-electron chi connectivity index (χ4n) is 3.97. The van der Waals surface area contributed by atoms with Crippen molar-refractivity contribution in [1.82, 2.24) is 5.32 Å². The first-order chi connectivity index (χ1) is 17.1. The molecule has 0 spiro atoms. The van der Waals surface area contributed by atoms with Crippen LogP contribution in [0, 0.1) is 0 Å². The Hall–Kier alpha value is -1.63. The van der Waals surface area contributed by atoms with Crippen LogP contribution in [0.25, 0.3) is 0 Å². The molecule has 3 atom stereocenters. The van der Waals surface area contributed by atoms with Gasteiger partial charge in [-0.05, 0) is 74.2 Å². The van der Waals surface area contributed by atoms with Gasteiger partial charge in [-0.3, -0.25) is 0 Å².